The molecule has 2 unspecified atom stereocenters. The number of rotatable bonds is 4. The number of hydrogen-bond donors (Lipinski definition) is 1. The molecular formula is C11H22N2S. The Morgan fingerprint density at radius 1 is 1.43 bits per heavy atom. The van der Waals surface area contributed by atoms with Gasteiger partial charge >= 0.3 is 0 Å². The average molecular weight is 214 g/mol. The Hall–Kier alpha value is 0.270. The molecule has 2 saturated heterocycles. The monoisotopic (exact) mass is 214 g/mol. The fourth-order valence-electron chi connectivity index (χ4n) is 2.41. The summed E-state index contributed by atoms with van der Waals surface area (Å²) in [6.07, 6.45) is 5.53. The van der Waals surface area contributed by atoms with Crippen molar-refractivity contribution in [3.63, 3.8) is 0 Å². The van der Waals surface area contributed by atoms with Gasteiger partial charge in [-0.05, 0) is 51.6 Å². The zero-order chi connectivity index (χ0) is 9.80. The highest BCUT2D eigenvalue weighted by molar-refractivity contribution is 7.99. The molecule has 2 heterocycles. The minimum Gasteiger partial charge on any atom is -0.314 e. The lowest BCUT2D eigenvalue weighted by molar-refractivity contribution is 0.249. The van der Waals surface area contributed by atoms with Crippen LogP contribution in [0.4, 0.5) is 0 Å². The molecule has 0 aromatic rings. The van der Waals surface area contributed by atoms with E-state index in [9.17, 15) is 0 Å². The summed E-state index contributed by atoms with van der Waals surface area (Å²) in [5.41, 5.74) is 0. The molecule has 0 bridgehead atoms. The van der Waals surface area contributed by atoms with Gasteiger partial charge < -0.3 is 10.2 Å². The van der Waals surface area contributed by atoms with Gasteiger partial charge in [0.2, 0.25) is 0 Å². The molecule has 0 aromatic carbocycles. The van der Waals surface area contributed by atoms with Crippen molar-refractivity contribution in [2.45, 2.75) is 37.8 Å². The minimum absolute atomic E-state index is 0.812. The molecule has 14 heavy (non-hydrogen) atoms. The van der Waals surface area contributed by atoms with Crippen molar-refractivity contribution in [1.29, 1.82) is 0 Å². The Kier molecular flexibility index (Phi) is 4.14. The second kappa shape index (κ2) is 5.38. The van der Waals surface area contributed by atoms with E-state index in [4.69, 9.17) is 0 Å². The first-order chi connectivity index (χ1) is 6.86. The zero-order valence-corrected chi connectivity index (χ0v) is 9.98. The molecule has 0 aliphatic carbocycles. The average Bonchev–Trinajstić information content (AvgIpc) is 2.87. The Morgan fingerprint density at radius 2 is 2.36 bits per heavy atom. The Labute approximate surface area is 91.8 Å². The molecule has 2 aliphatic heterocycles. The maximum atomic E-state index is 3.57. The fraction of sp³-hybridized carbons (Fsp3) is 1.00. The molecule has 0 saturated carbocycles. The SMILES string of the molecule is CN(CCC1CCCN1)C1CCSC1. The highest BCUT2D eigenvalue weighted by Gasteiger charge is 2.21. The van der Waals surface area contributed by atoms with Crippen molar-refractivity contribution in [3.8, 4) is 0 Å². The van der Waals surface area contributed by atoms with E-state index in [1.165, 1.54) is 50.3 Å². The largest absolute Gasteiger partial charge is 0.314 e. The predicted molar refractivity (Wildman–Crippen MR) is 64.0 cm³/mol. The molecule has 2 nitrogen and oxygen atoms in total. The molecule has 0 aromatic heterocycles. The summed E-state index contributed by atoms with van der Waals surface area (Å²) in [5.74, 6) is 2.73. The summed E-state index contributed by atoms with van der Waals surface area (Å²) in [5, 5.41) is 3.57. The van der Waals surface area contributed by atoms with Crippen LogP contribution in [0.15, 0.2) is 0 Å². The van der Waals surface area contributed by atoms with E-state index in [0.29, 0.717) is 0 Å². The van der Waals surface area contributed by atoms with E-state index in [2.05, 4.69) is 29.0 Å². The van der Waals surface area contributed by atoms with Crippen LogP contribution < -0.4 is 5.32 Å². The van der Waals surface area contributed by atoms with Crippen LogP contribution >= 0.6 is 11.8 Å². The minimum atomic E-state index is 0.812. The highest BCUT2D eigenvalue weighted by Crippen LogP contribution is 2.21. The molecule has 1 N–H and O–H groups in total. The Morgan fingerprint density at radius 3 is 3.00 bits per heavy atom. The first-order valence-corrected chi connectivity index (χ1v) is 7.03. The second-order valence-electron chi connectivity index (χ2n) is 4.58. The van der Waals surface area contributed by atoms with E-state index in [0.717, 1.165) is 12.1 Å². The third kappa shape index (κ3) is 2.88. The van der Waals surface area contributed by atoms with E-state index < -0.39 is 0 Å². The normalized spacial score (nSPS) is 33.0. The van der Waals surface area contributed by atoms with Crippen LogP contribution in [0.25, 0.3) is 0 Å². The van der Waals surface area contributed by atoms with Crippen molar-refractivity contribution in [1.82, 2.24) is 10.2 Å². The maximum Gasteiger partial charge on any atom is 0.0191 e. The van der Waals surface area contributed by atoms with Crippen molar-refractivity contribution >= 4 is 11.8 Å². The van der Waals surface area contributed by atoms with Gasteiger partial charge in [-0.25, -0.2) is 0 Å². The van der Waals surface area contributed by atoms with Gasteiger partial charge in [-0.2, -0.15) is 11.8 Å². The van der Waals surface area contributed by atoms with Gasteiger partial charge in [0.05, 0.1) is 0 Å². The van der Waals surface area contributed by atoms with Crippen LogP contribution in [0.2, 0.25) is 0 Å². The summed E-state index contributed by atoms with van der Waals surface area (Å²) < 4.78 is 0. The molecular weight excluding hydrogens is 192 g/mol. The quantitative estimate of drug-likeness (QED) is 0.765. The van der Waals surface area contributed by atoms with Crippen molar-refractivity contribution in [2.24, 2.45) is 0 Å². The van der Waals surface area contributed by atoms with Crippen molar-refractivity contribution in [3.05, 3.63) is 0 Å². The van der Waals surface area contributed by atoms with E-state index in [1.807, 2.05) is 0 Å². The molecule has 0 spiro atoms. The van der Waals surface area contributed by atoms with E-state index in [1.54, 1.807) is 0 Å². The number of nitrogens with zero attached hydrogens (tertiary/aromatic N) is 1. The van der Waals surface area contributed by atoms with Gasteiger partial charge in [0.15, 0.2) is 0 Å². The summed E-state index contributed by atoms with van der Waals surface area (Å²) in [6.45, 7) is 2.52. The van der Waals surface area contributed by atoms with Gasteiger partial charge in [-0.15, -0.1) is 0 Å². The van der Waals surface area contributed by atoms with Crippen LogP contribution in [0.1, 0.15) is 25.7 Å². The first kappa shape index (κ1) is 10.8. The first-order valence-electron chi connectivity index (χ1n) is 5.87. The lowest BCUT2D eigenvalue weighted by atomic mass is 10.1. The molecule has 0 radical (unpaired) electrons. The van der Waals surface area contributed by atoms with Gasteiger partial charge in [0.25, 0.3) is 0 Å². The maximum absolute atomic E-state index is 3.57. The Bertz CT molecular complexity index is 163. The number of thioether (sulfide) groups is 1. The van der Waals surface area contributed by atoms with Crippen LogP contribution in [0, 0.1) is 0 Å². The smallest absolute Gasteiger partial charge is 0.0191 e. The fourth-order valence-corrected chi connectivity index (χ4v) is 3.71. The lowest BCUT2D eigenvalue weighted by Crippen LogP contribution is -2.35. The van der Waals surface area contributed by atoms with Gasteiger partial charge in [-0.3, -0.25) is 0 Å². The molecule has 2 fully saturated rings. The molecule has 0 amide bonds. The topological polar surface area (TPSA) is 15.3 Å². The van der Waals surface area contributed by atoms with E-state index >= 15 is 0 Å². The molecule has 2 aliphatic rings. The van der Waals surface area contributed by atoms with Crippen LogP contribution in [0.3, 0.4) is 0 Å². The van der Waals surface area contributed by atoms with Crippen LogP contribution in [-0.2, 0) is 0 Å². The summed E-state index contributed by atoms with van der Waals surface area (Å²) in [4.78, 5) is 2.57. The molecule has 2 atom stereocenters. The van der Waals surface area contributed by atoms with Crippen LogP contribution in [0.5, 0.6) is 0 Å². The standard InChI is InChI=1S/C11H22N2S/c1-13(11-5-8-14-9-11)7-4-10-3-2-6-12-10/h10-12H,2-9H2,1H3. The summed E-state index contributed by atoms with van der Waals surface area (Å²) in [7, 11) is 2.30. The van der Waals surface area contributed by atoms with Gasteiger partial charge in [0, 0.05) is 17.8 Å². The Balaban J connectivity index is 1.63. The third-order valence-corrected chi connectivity index (χ3v) is 4.67. The predicted octanol–water partition coefficient (Wildman–Crippen LogP) is 1.57. The van der Waals surface area contributed by atoms with E-state index in [-0.39, 0.29) is 0 Å². The van der Waals surface area contributed by atoms with Gasteiger partial charge in [-0.1, -0.05) is 0 Å². The number of hydrogen-bond acceptors (Lipinski definition) is 3. The zero-order valence-electron chi connectivity index (χ0n) is 9.17. The summed E-state index contributed by atoms with van der Waals surface area (Å²) >= 11 is 2.11. The van der Waals surface area contributed by atoms with Crippen LogP contribution in [-0.4, -0.2) is 48.6 Å². The molecule has 82 valence electrons. The molecule has 3 heteroatoms. The summed E-state index contributed by atoms with van der Waals surface area (Å²) in [6, 6.07) is 1.67. The molecule has 2 rings (SSSR count). The van der Waals surface area contributed by atoms with Gasteiger partial charge in [0.1, 0.15) is 0 Å². The number of nitrogens with one attached hydrogen (secondary N) is 1. The third-order valence-electron chi connectivity index (χ3n) is 3.52. The second-order valence-corrected chi connectivity index (χ2v) is 5.73. The van der Waals surface area contributed by atoms with Crippen molar-refractivity contribution < 1.29 is 0 Å². The highest BCUT2D eigenvalue weighted by atomic mass is 32.2. The van der Waals surface area contributed by atoms with Crippen molar-refractivity contribution in [2.75, 3.05) is 31.6 Å². The lowest BCUT2D eigenvalue weighted by Gasteiger charge is -2.24.